The fourth-order valence-electron chi connectivity index (χ4n) is 7.45. The van der Waals surface area contributed by atoms with Gasteiger partial charge < -0.3 is 29.8 Å². The van der Waals surface area contributed by atoms with Crippen LogP contribution in [0.5, 0.6) is 0 Å². The van der Waals surface area contributed by atoms with Crippen LogP contribution >= 0.6 is 23.2 Å². The maximum atomic E-state index is 12.2. The molecule has 16 nitrogen and oxygen atoms in total. The smallest absolute Gasteiger partial charge is 0.407 e. The topological polar surface area (TPSA) is 200 Å². The average molecular weight is 1180 g/mol. The first-order chi connectivity index (χ1) is 35.5. The normalized spacial score (nSPS) is 14.6. The van der Waals surface area contributed by atoms with E-state index in [1.54, 1.807) is 0 Å². The summed E-state index contributed by atoms with van der Waals surface area (Å²) in [5.74, 6) is 1.19. The van der Waals surface area contributed by atoms with Crippen LogP contribution in [-0.4, -0.2) is 142 Å². The minimum atomic E-state index is -1.91. The van der Waals surface area contributed by atoms with Gasteiger partial charge in [-0.15, -0.1) is 11.6 Å². The van der Waals surface area contributed by atoms with Crippen LogP contribution in [0.15, 0.2) is 65.9 Å². The Morgan fingerprint density at radius 3 is 1.51 bits per heavy atom. The van der Waals surface area contributed by atoms with E-state index < -0.39 is 27.7 Å². The van der Waals surface area contributed by atoms with E-state index in [0.29, 0.717) is 39.6 Å². The zero-order valence-electron chi connectivity index (χ0n) is 47.8. The van der Waals surface area contributed by atoms with Crippen LogP contribution in [0.3, 0.4) is 0 Å². The van der Waals surface area contributed by atoms with Crippen molar-refractivity contribution in [1.82, 2.24) is 40.0 Å². The monoisotopic (exact) mass is 1180 g/mol. The van der Waals surface area contributed by atoms with Gasteiger partial charge in [-0.1, -0.05) is 95.5 Å². The van der Waals surface area contributed by atoms with Crippen LogP contribution in [0.4, 0.5) is 4.79 Å². The van der Waals surface area contributed by atoms with Gasteiger partial charge in [0, 0.05) is 31.4 Å². The molecule has 5 N–H and O–H groups in total. The number of hydrogen-bond donors (Lipinski definition) is 4. The number of amides is 2. The van der Waals surface area contributed by atoms with Crippen molar-refractivity contribution in [1.29, 1.82) is 0 Å². The summed E-state index contributed by atoms with van der Waals surface area (Å²) in [4.78, 5) is 48.9. The van der Waals surface area contributed by atoms with Crippen LogP contribution < -0.4 is 21.7 Å². The Balaban J connectivity index is 0. The van der Waals surface area contributed by atoms with Gasteiger partial charge in [-0.3, -0.25) is 9.59 Å². The third-order valence-corrected chi connectivity index (χ3v) is 23.8. The van der Waals surface area contributed by atoms with E-state index >= 15 is 0 Å². The molecule has 4 unspecified atom stereocenters. The molecule has 0 spiro atoms. The predicted molar refractivity (Wildman–Crippen MR) is 344 cm³/mol. The van der Waals surface area contributed by atoms with Gasteiger partial charge in [0.25, 0.3) is 0 Å². The van der Waals surface area contributed by atoms with Crippen molar-refractivity contribution in [2.75, 3.05) is 51.7 Å². The van der Waals surface area contributed by atoms with Crippen LogP contribution in [0.1, 0.15) is 133 Å². The van der Waals surface area contributed by atoms with Crippen molar-refractivity contribution < 1.29 is 27.9 Å². The number of likely N-dealkylation sites (tertiary alicyclic amines) is 1. The van der Waals surface area contributed by atoms with Crippen molar-refractivity contribution >= 4 is 77.9 Å². The number of carbonyl (C=O) groups is 3. The van der Waals surface area contributed by atoms with Crippen molar-refractivity contribution in [3.8, 4) is 22.5 Å². The molecule has 0 bridgehead atoms. The van der Waals surface area contributed by atoms with Gasteiger partial charge in [-0.2, -0.15) is 0 Å². The molecule has 2 aromatic heterocycles. The predicted octanol–water partition coefficient (Wildman–Crippen LogP) is 11.4. The Bertz CT molecular complexity index is 2470. The number of nitrogens with two attached hydrogens (primary N) is 1. The number of aliphatic imine (C=N–C) groups is 1. The average Bonchev–Trinajstić information content (AvgIpc) is 3.89. The number of hydrogen-bond acceptors (Lipinski definition) is 12. The number of halogens is 2. The van der Waals surface area contributed by atoms with Gasteiger partial charge in [0.1, 0.15) is 11.9 Å². The number of aromatic nitrogens is 4. The molecule has 2 aliphatic heterocycles. The Morgan fingerprint density at radius 2 is 1.20 bits per heavy atom. The zero-order valence-corrected chi connectivity index (χ0v) is 51.3. The number of benzene rings is 2. The quantitative estimate of drug-likeness (QED) is 0.0268. The first kappa shape index (κ1) is 78.0. The number of aryl methyl sites for hydroxylation is 2. The Hall–Kier alpha value is -4.12. The number of nitrogens with one attached hydrogen (secondary N) is 3. The molecule has 448 valence electrons. The van der Waals surface area contributed by atoms with Gasteiger partial charge in [-0.25, -0.2) is 4.98 Å². The Kier molecular flexibility index (Phi) is 35.5. The van der Waals surface area contributed by atoms with E-state index in [-0.39, 0.29) is 75.9 Å². The van der Waals surface area contributed by atoms with Crippen LogP contribution in [0.25, 0.3) is 22.5 Å². The molecule has 2 amide bonds. The second-order valence-corrected chi connectivity index (χ2v) is 32.8. The number of rotatable bonds is 21. The zero-order chi connectivity index (χ0) is 57.0. The van der Waals surface area contributed by atoms with Gasteiger partial charge in [0.05, 0.1) is 11.6 Å². The summed E-state index contributed by atoms with van der Waals surface area (Å²) in [6.45, 7) is 32.3. The minimum absolute atomic E-state index is 0. The minimum Gasteiger partial charge on any atom is -0.407 e. The number of carbonyl (C=O) groups excluding carboxylic acids is 3. The van der Waals surface area contributed by atoms with Crippen LogP contribution in [0, 0.1) is 0 Å². The van der Waals surface area contributed by atoms with E-state index in [1.165, 1.54) is 25.6 Å². The second-order valence-electron chi connectivity index (χ2n) is 22.6. The summed E-state index contributed by atoms with van der Waals surface area (Å²) < 4.78 is 28.0. The summed E-state index contributed by atoms with van der Waals surface area (Å²) in [5.41, 5.74) is 11.8. The number of nitrogens with zero attached hydrogens (tertiary/aromatic N) is 6. The maximum absolute atomic E-state index is 12.2. The molecule has 2 aromatic carbocycles. The summed E-state index contributed by atoms with van der Waals surface area (Å²) in [6, 6.07) is 16.0. The molecule has 2 saturated heterocycles. The molecule has 4 heterocycles. The van der Waals surface area contributed by atoms with E-state index in [0.717, 1.165) is 64.8 Å². The molecule has 22 heteroatoms. The standard InChI is InChI=1S/C27H42BN5O3Si.C22H35BN4O2Si.C3H7N.C2H2Cl2O.4CH4/c1-20(36-37(6,7)27(2,3)4)26-31-24(17-32(26)5)22-11-9-21(10-12-22)15-23(30-19-28-35)16-29-25(34)18-33-13-8-14-33;1-15(29-30(6,7)22(2,3)4)20-26-19(14-27(20)5)17-10-8-16(9-11-17)12-18(13-24)25-21(23)28;1-2-4-3-1;3-1-2(4)5;;;;/h9-12,17,19-20,23H,8,13-16,18H2,1-7H3,(H,29,34);8-11,14-15,18H,12-13,24H2,1-7H3,(H,25,28);4H,1-3H2;1H2;4*1H4. The fraction of sp³-hybridized carbons (Fsp3) is 0.621. The number of alkyl halides is 1. The van der Waals surface area contributed by atoms with Crippen LogP contribution in [-0.2, 0) is 50.1 Å². The van der Waals surface area contributed by atoms with E-state index in [1.807, 2.05) is 59.9 Å². The Morgan fingerprint density at radius 1 is 0.800 bits per heavy atom. The SMILES string of the molecule is C.C.C.C.C1CNC1.CC(O[Si](C)(C)C(C)(C)C)c1nc(-c2ccc(CC(CNC(=O)CN3CCC3)N=CB=O)cc2)cn1C.O=C(Cl)CCl.[B]C(=O)NC(CN)Cc1ccc(-c2cn(C)c(C(C)O[Si](C)(C)C(C)(C)C)n2)cc1. The molecule has 6 rings (SSSR count). The first-order valence-electron chi connectivity index (χ1n) is 26.3. The molecular formula is C58H102B2Cl2N10O6Si2. The second kappa shape index (κ2) is 36.5. The van der Waals surface area contributed by atoms with Crippen molar-refractivity contribution in [3.63, 3.8) is 0 Å². The number of imidazole rings is 2. The molecule has 2 radical (unpaired) electrons. The molecule has 4 atom stereocenters. The van der Waals surface area contributed by atoms with Crippen LogP contribution in [0.2, 0.25) is 36.3 Å². The summed E-state index contributed by atoms with van der Waals surface area (Å²) in [5, 5.41) is 8.51. The molecular weight excluding hydrogens is 1080 g/mol. The molecule has 0 saturated carbocycles. The first-order valence-corrected chi connectivity index (χ1v) is 33.0. The summed E-state index contributed by atoms with van der Waals surface area (Å²) in [6.07, 6.45) is 8.97. The van der Waals surface area contributed by atoms with Crippen molar-refractivity contribution in [3.05, 3.63) is 83.7 Å². The van der Waals surface area contributed by atoms with E-state index in [9.17, 15) is 19.1 Å². The van der Waals surface area contributed by atoms with Gasteiger partial charge in [0.15, 0.2) is 22.4 Å². The van der Waals surface area contributed by atoms with Crippen molar-refractivity contribution in [2.24, 2.45) is 24.8 Å². The van der Waals surface area contributed by atoms with E-state index in [2.05, 4.69) is 132 Å². The van der Waals surface area contributed by atoms with Gasteiger partial charge in [-0.05, 0) is 93.2 Å². The third-order valence-electron chi connectivity index (χ3n) is 14.2. The fourth-order valence-corrected chi connectivity index (χ4v) is 10.1. The van der Waals surface area contributed by atoms with Gasteiger partial charge in [0.2, 0.25) is 13.1 Å². The van der Waals surface area contributed by atoms with Crippen molar-refractivity contribution in [2.45, 2.75) is 171 Å². The summed E-state index contributed by atoms with van der Waals surface area (Å²) >= 11 is 9.55. The molecule has 80 heavy (non-hydrogen) atoms. The molecule has 4 aromatic rings. The molecule has 0 aliphatic carbocycles. The van der Waals surface area contributed by atoms with E-state index in [4.69, 9.17) is 55.6 Å². The van der Waals surface area contributed by atoms with Gasteiger partial charge >= 0.3 is 165 Å². The summed E-state index contributed by atoms with van der Waals surface area (Å²) in [7, 11) is 6.09. The Labute approximate surface area is 497 Å². The molecule has 2 aliphatic rings. The third kappa shape index (κ3) is 26.0. The molecule has 2 fully saturated rings.